The molecule has 1 aliphatic rings. The summed E-state index contributed by atoms with van der Waals surface area (Å²) < 4.78 is 0. The topological polar surface area (TPSA) is 20.3 Å². The fraction of sp³-hybridized carbons (Fsp3) is 0.588. The first-order valence-corrected chi connectivity index (χ1v) is 7.58. The van der Waals surface area contributed by atoms with Gasteiger partial charge in [-0.15, -0.1) is 0 Å². The van der Waals surface area contributed by atoms with Gasteiger partial charge in [0.25, 0.3) is 0 Å². The van der Waals surface area contributed by atoms with E-state index < -0.39 is 0 Å². The molecule has 0 spiro atoms. The van der Waals surface area contributed by atoms with Crippen molar-refractivity contribution in [2.24, 2.45) is 0 Å². The predicted octanol–water partition coefficient (Wildman–Crippen LogP) is 3.02. The number of ketones is 1. The van der Waals surface area contributed by atoms with Crippen LogP contribution in [0.4, 0.5) is 0 Å². The number of benzene rings is 1. The lowest BCUT2D eigenvalue weighted by Crippen LogP contribution is -2.28. The Morgan fingerprint density at radius 1 is 1.05 bits per heavy atom. The van der Waals surface area contributed by atoms with Gasteiger partial charge < -0.3 is 4.90 Å². The highest BCUT2D eigenvalue weighted by molar-refractivity contribution is 5.88. The zero-order valence-corrected chi connectivity index (χ0v) is 12.2. The molecule has 0 aliphatic heterocycles. The van der Waals surface area contributed by atoms with Crippen molar-refractivity contribution in [1.29, 1.82) is 0 Å². The average molecular weight is 259 g/mol. The molecule has 0 bridgehead atoms. The third-order valence-corrected chi connectivity index (χ3v) is 3.91. The summed E-state index contributed by atoms with van der Waals surface area (Å²) in [5.41, 5.74) is 3.97. The molecule has 0 unspecified atom stereocenters. The summed E-state index contributed by atoms with van der Waals surface area (Å²) in [5.74, 6) is 0.376. The Morgan fingerprint density at radius 2 is 1.79 bits per heavy atom. The third kappa shape index (κ3) is 3.66. The van der Waals surface area contributed by atoms with Crippen molar-refractivity contribution in [3.63, 3.8) is 0 Å². The van der Waals surface area contributed by atoms with E-state index in [1.807, 2.05) is 0 Å². The van der Waals surface area contributed by atoms with Gasteiger partial charge >= 0.3 is 0 Å². The zero-order chi connectivity index (χ0) is 13.7. The predicted molar refractivity (Wildman–Crippen MR) is 79.6 cm³/mol. The summed E-state index contributed by atoms with van der Waals surface area (Å²) in [6.45, 7) is 7.96. The molecule has 0 amide bonds. The van der Waals surface area contributed by atoms with Gasteiger partial charge in [0.2, 0.25) is 0 Å². The Morgan fingerprint density at radius 3 is 2.47 bits per heavy atom. The molecule has 0 fully saturated rings. The fourth-order valence-electron chi connectivity index (χ4n) is 3.03. The summed E-state index contributed by atoms with van der Waals surface area (Å²) in [6, 6.07) is 6.42. The Labute approximate surface area is 116 Å². The second kappa shape index (κ2) is 6.85. The van der Waals surface area contributed by atoms with Gasteiger partial charge in [-0.1, -0.05) is 32.0 Å². The monoisotopic (exact) mass is 259 g/mol. The maximum Gasteiger partial charge on any atom is 0.141 e. The van der Waals surface area contributed by atoms with Crippen molar-refractivity contribution in [2.75, 3.05) is 19.6 Å². The number of carbonyl (C=O) groups excluding carboxylic acids is 1. The van der Waals surface area contributed by atoms with Gasteiger partial charge in [0, 0.05) is 19.4 Å². The van der Waals surface area contributed by atoms with Gasteiger partial charge in [-0.2, -0.15) is 0 Å². The van der Waals surface area contributed by atoms with E-state index in [0.29, 0.717) is 18.6 Å². The molecule has 0 aromatic heterocycles. The molecule has 0 atom stereocenters. The first-order valence-electron chi connectivity index (χ1n) is 7.58. The third-order valence-electron chi connectivity index (χ3n) is 3.91. The Hall–Kier alpha value is -1.15. The van der Waals surface area contributed by atoms with Gasteiger partial charge in [0.05, 0.1) is 0 Å². The number of rotatable bonds is 7. The minimum absolute atomic E-state index is 0.376. The number of hydrogen-bond donors (Lipinski definition) is 0. The molecule has 104 valence electrons. The van der Waals surface area contributed by atoms with Crippen molar-refractivity contribution >= 4 is 5.78 Å². The minimum atomic E-state index is 0.376. The van der Waals surface area contributed by atoms with Crippen LogP contribution in [0.2, 0.25) is 0 Å². The van der Waals surface area contributed by atoms with Crippen molar-refractivity contribution in [3.8, 4) is 0 Å². The maximum atomic E-state index is 11.6. The molecule has 1 aromatic rings. The van der Waals surface area contributed by atoms with Crippen LogP contribution < -0.4 is 0 Å². The molecule has 0 radical (unpaired) electrons. The summed E-state index contributed by atoms with van der Waals surface area (Å²) in [7, 11) is 0. The Kier molecular flexibility index (Phi) is 5.15. The SMILES string of the molecule is CCCN(CCC)CCc1cccc2c1CC(=O)C2. The minimum Gasteiger partial charge on any atom is -0.303 e. The summed E-state index contributed by atoms with van der Waals surface area (Å²) in [4.78, 5) is 14.1. The summed E-state index contributed by atoms with van der Waals surface area (Å²) >= 11 is 0. The quantitative estimate of drug-likeness (QED) is 0.750. The van der Waals surface area contributed by atoms with E-state index in [2.05, 4.69) is 36.9 Å². The van der Waals surface area contributed by atoms with Crippen molar-refractivity contribution in [2.45, 2.75) is 46.0 Å². The number of nitrogens with zero attached hydrogens (tertiary/aromatic N) is 1. The highest BCUT2D eigenvalue weighted by Gasteiger charge is 2.20. The van der Waals surface area contributed by atoms with Crippen LogP contribution in [-0.4, -0.2) is 30.3 Å². The second-order valence-electron chi connectivity index (χ2n) is 5.54. The molecule has 0 saturated heterocycles. The molecular weight excluding hydrogens is 234 g/mol. The Balaban J connectivity index is 2.00. The lowest BCUT2D eigenvalue weighted by Gasteiger charge is -2.21. The molecule has 1 aliphatic carbocycles. The smallest absolute Gasteiger partial charge is 0.141 e. The highest BCUT2D eigenvalue weighted by atomic mass is 16.1. The lowest BCUT2D eigenvalue weighted by molar-refractivity contribution is -0.117. The summed E-state index contributed by atoms with van der Waals surface area (Å²) in [5, 5.41) is 0. The van der Waals surface area contributed by atoms with Gasteiger partial charge in [0.15, 0.2) is 0 Å². The van der Waals surface area contributed by atoms with Crippen LogP contribution in [0, 0.1) is 0 Å². The number of fused-ring (bicyclic) bond motifs is 1. The number of hydrogen-bond acceptors (Lipinski definition) is 2. The van der Waals surface area contributed by atoms with Crippen LogP contribution in [0.15, 0.2) is 18.2 Å². The normalized spacial score (nSPS) is 14.2. The van der Waals surface area contributed by atoms with Crippen LogP contribution in [0.1, 0.15) is 43.4 Å². The Bertz CT molecular complexity index is 433. The average Bonchev–Trinajstić information content (AvgIpc) is 2.77. The van der Waals surface area contributed by atoms with Crippen LogP contribution >= 0.6 is 0 Å². The molecule has 19 heavy (non-hydrogen) atoms. The molecule has 2 nitrogen and oxygen atoms in total. The van der Waals surface area contributed by atoms with Crippen molar-refractivity contribution in [3.05, 3.63) is 34.9 Å². The second-order valence-corrected chi connectivity index (χ2v) is 5.54. The van der Waals surface area contributed by atoms with Gasteiger partial charge in [0.1, 0.15) is 5.78 Å². The first-order chi connectivity index (χ1) is 9.24. The van der Waals surface area contributed by atoms with E-state index >= 15 is 0 Å². The van der Waals surface area contributed by atoms with E-state index in [-0.39, 0.29) is 0 Å². The summed E-state index contributed by atoms with van der Waals surface area (Å²) in [6.07, 6.45) is 4.82. The van der Waals surface area contributed by atoms with E-state index in [9.17, 15) is 4.79 Å². The van der Waals surface area contributed by atoms with Crippen molar-refractivity contribution in [1.82, 2.24) is 4.90 Å². The number of carbonyl (C=O) groups is 1. The van der Waals surface area contributed by atoms with Crippen LogP contribution in [-0.2, 0) is 24.1 Å². The molecular formula is C17H25NO. The molecule has 1 aromatic carbocycles. The van der Waals surface area contributed by atoms with E-state index in [0.717, 1.165) is 13.0 Å². The molecule has 2 heteroatoms. The van der Waals surface area contributed by atoms with Gasteiger partial charge in [-0.25, -0.2) is 0 Å². The van der Waals surface area contributed by atoms with E-state index in [4.69, 9.17) is 0 Å². The largest absolute Gasteiger partial charge is 0.303 e. The van der Waals surface area contributed by atoms with Gasteiger partial charge in [-0.3, -0.25) is 4.79 Å². The lowest BCUT2D eigenvalue weighted by atomic mass is 10.0. The standard InChI is InChI=1S/C17H25NO/c1-3-9-18(10-4-2)11-8-14-6-5-7-15-12-16(19)13-17(14)15/h5-7H,3-4,8-13H2,1-2H3. The highest BCUT2D eigenvalue weighted by Crippen LogP contribution is 2.23. The van der Waals surface area contributed by atoms with E-state index in [1.54, 1.807) is 0 Å². The van der Waals surface area contributed by atoms with Crippen LogP contribution in [0.3, 0.4) is 0 Å². The van der Waals surface area contributed by atoms with Crippen LogP contribution in [0.25, 0.3) is 0 Å². The maximum absolute atomic E-state index is 11.6. The number of Topliss-reactive ketones (excluding diaryl/α,β-unsaturated/α-hetero) is 1. The zero-order valence-electron chi connectivity index (χ0n) is 12.2. The molecule has 0 N–H and O–H groups in total. The first kappa shape index (κ1) is 14.3. The van der Waals surface area contributed by atoms with Crippen LogP contribution in [0.5, 0.6) is 0 Å². The molecule has 2 rings (SSSR count). The van der Waals surface area contributed by atoms with Crippen molar-refractivity contribution < 1.29 is 4.79 Å². The molecule has 0 saturated carbocycles. The van der Waals surface area contributed by atoms with E-state index in [1.165, 1.54) is 42.6 Å². The molecule has 0 heterocycles. The fourth-order valence-corrected chi connectivity index (χ4v) is 3.03. The van der Waals surface area contributed by atoms with Gasteiger partial charge in [-0.05, 0) is 49.0 Å².